The zero-order chi connectivity index (χ0) is 22.4. The Labute approximate surface area is 187 Å². The molecule has 1 amide bonds. The molecule has 3 rings (SSSR count). The molecule has 166 valence electrons. The fourth-order valence-corrected chi connectivity index (χ4v) is 4.49. The molecule has 1 saturated heterocycles. The average molecular weight is 444 g/mol. The Morgan fingerprint density at radius 2 is 1.97 bits per heavy atom. The van der Waals surface area contributed by atoms with Crippen molar-refractivity contribution in [2.24, 2.45) is 0 Å². The van der Waals surface area contributed by atoms with Gasteiger partial charge in [0.15, 0.2) is 6.10 Å². The van der Waals surface area contributed by atoms with Crippen LogP contribution in [0, 0.1) is 0 Å². The number of rotatable bonds is 10. The average Bonchev–Trinajstić information content (AvgIpc) is 2.94. The van der Waals surface area contributed by atoms with Gasteiger partial charge in [-0.15, -0.1) is 11.8 Å². The van der Waals surface area contributed by atoms with Gasteiger partial charge in [0.1, 0.15) is 11.4 Å². The van der Waals surface area contributed by atoms with Gasteiger partial charge in [-0.3, -0.25) is 0 Å². The Morgan fingerprint density at radius 3 is 2.68 bits per heavy atom. The highest BCUT2D eigenvalue weighted by molar-refractivity contribution is 7.99. The van der Waals surface area contributed by atoms with Crippen LogP contribution in [0.3, 0.4) is 0 Å². The summed E-state index contributed by atoms with van der Waals surface area (Å²) >= 11 is 1.65. The second-order valence-corrected chi connectivity index (χ2v) is 9.31. The minimum Gasteiger partial charge on any atom is -0.479 e. The van der Waals surface area contributed by atoms with Gasteiger partial charge >= 0.3 is 12.1 Å². The quantitative estimate of drug-likeness (QED) is 0.417. The summed E-state index contributed by atoms with van der Waals surface area (Å²) in [5, 5.41) is 8.99. The lowest BCUT2D eigenvalue weighted by atomic mass is 9.92. The summed E-state index contributed by atoms with van der Waals surface area (Å²) in [4.78, 5) is 26.3. The van der Waals surface area contributed by atoms with E-state index in [0.717, 1.165) is 23.5 Å². The Hall–Kier alpha value is -2.67. The van der Waals surface area contributed by atoms with E-state index in [0.29, 0.717) is 12.3 Å². The lowest BCUT2D eigenvalue weighted by Gasteiger charge is -2.29. The Bertz CT molecular complexity index is 902. The summed E-state index contributed by atoms with van der Waals surface area (Å²) in [6, 6.07) is 17.6. The summed E-state index contributed by atoms with van der Waals surface area (Å²) in [6.45, 7) is 6.07. The highest BCUT2D eigenvalue weighted by Crippen LogP contribution is 2.32. The van der Waals surface area contributed by atoms with Gasteiger partial charge < -0.3 is 19.5 Å². The van der Waals surface area contributed by atoms with E-state index in [-0.39, 0.29) is 12.1 Å². The standard InChI is InChI=1S/C24H29NO5S/c1-17(22(26)27)29-19-11-7-12-20(16-19)31-14-8-13-25-21(24(2,3)30-23(25)28)15-18-9-5-4-6-10-18/h4-7,9-12,16-17,21H,8,13-15H2,1-3H3,(H,26,27)/t17-,21-/m0/s1. The summed E-state index contributed by atoms with van der Waals surface area (Å²) < 4.78 is 11.1. The fourth-order valence-electron chi connectivity index (χ4n) is 3.61. The maximum atomic E-state index is 12.5. The topological polar surface area (TPSA) is 76.1 Å². The molecule has 0 spiro atoms. The van der Waals surface area contributed by atoms with Gasteiger partial charge in [-0.1, -0.05) is 36.4 Å². The first kappa shape index (κ1) is 23.0. The number of nitrogens with zero attached hydrogens (tertiary/aromatic N) is 1. The molecular weight excluding hydrogens is 414 g/mol. The zero-order valence-electron chi connectivity index (χ0n) is 18.1. The smallest absolute Gasteiger partial charge is 0.410 e. The van der Waals surface area contributed by atoms with Crippen LogP contribution in [0.5, 0.6) is 5.75 Å². The van der Waals surface area contributed by atoms with E-state index < -0.39 is 17.7 Å². The lowest BCUT2D eigenvalue weighted by molar-refractivity contribution is -0.144. The van der Waals surface area contributed by atoms with Crippen LogP contribution in [0.4, 0.5) is 4.79 Å². The highest BCUT2D eigenvalue weighted by atomic mass is 32.2. The van der Waals surface area contributed by atoms with E-state index in [1.165, 1.54) is 12.5 Å². The molecule has 7 heteroatoms. The third kappa shape index (κ3) is 6.17. The molecule has 0 unspecified atom stereocenters. The molecule has 2 aromatic rings. The summed E-state index contributed by atoms with van der Waals surface area (Å²) in [7, 11) is 0. The van der Waals surface area contributed by atoms with Crippen LogP contribution in [0.15, 0.2) is 59.5 Å². The summed E-state index contributed by atoms with van der Waals surface area (Å²) in [5.41, 5.74) is 0.651. The monoisotopic (exact) mass is 443 g/mol. The number of carboxylic acid groups (broad SMARTS) is 1. The van der Waals surface area contributed by atoms with Gasteiger partial charge in [0.25, 0.3) is 0 Å². The molecule has 0 aliphatic carbocycles. The van der Waals surface area contributed by atoms with Crippen molar-refractivity contribution in [2.45, 2.75) is 56.3 Å². The number of hydrogen-bond acceptors (Lipinski definition) is 5. The number of amides is 1. The number of hydrogen-bond donors (Lipinski definition) is 1. The van der Waals surface area contributed by atoms with Crippen molar-refractivity contribution in [3.05, 3.63) is 60.2 Å². The first-order valence-corrected chi connectivity index (χ1v) is 11.4. The van der Waals surface area contributed by atoms with Gasteiger partial charge in [0, 0.05) is 11.4 Å². The van der Waals surface area contributed by atoms with Crippen LogP contribution in [0.25, 0.3) is 0 Å². The zero-order valence-corrected chi connectivity index (χ0v) is 18.9. The van der Waals surface area contributed by atoms with E-state index in [9.17, 15) is 9.59 Å². The third-order valence-corrected chi connectivity index (χ3v) is 6.39. The first-order chi connectivity index (χ1) is 14.8. The molecule has 6 nitrogen and oxygen atoms in total. The molecule has 1 heterocycles. The predicted molar refractivity (Wildman–Crippen MR) is 121 cm³/mol. The molecular formula is C24H29NO5S. The second kappa shape index (κ2) is 10.1. The normalized spacial score (nSPS) is 18.5. The molecule has 1 aliphatic rings. The van der Waals surface area contributed by atoms with Crippen molar-refractivity contribution < 1.29 is 24.2 Å². The van der Waals surface area contributed by atoms with E-state index >= 15 is 0 Å². The van der Waals surface area contributed by atoms with Gasteiger partial charge in [0.2, 0.25) is 0 Å². The number of carboxylic acids is 1. The van der Waals surface area contributed by atoms with Crippen LogP contribution in [-0.4, -0.2) is 52.1 Å². The van der Waals surface area contributed by atoms with Crippen LogP contribution >= 0.6 is 11.8 Å². The number of thioether (sulfide) groups is 1. The van der Waals surface area contributed by atoms with Crippen molar-refractivity contribution >= 4 is 23.8 Å². The number of carbonyl (C=O) groups excluding carboxylic acids is 1. The van der Waals surface area contributed by atoms with Crippen molar-refractivity contribution in [3.8, 4) is 5.75 Å². The molecule has 31 heavy (non-hydrogen) atoms. The summed E-state index contributed by atoms with van der Waals surface area (Å²) in [6.07, 6.45) is 0.423. The Kier molecular flexibility index (Phi) is 7.49. The Morgan fingerprint density at radius 1 is 1.23 bits per heavy atom. The molecule has 1 fully saturated rings. The van der Waals surface area contributed by atoms with Gasteiger partial charge in [-0.2, -0.15) is 0 Å². The predicted octanol–water partition coefficient (Wildman–Crippen LogP) is 4.86. The van der Waals surface area contributed by atoms with Gasteiger partial charge in [-0.25, -0.2) is 9.59 Å². The third-order valence-electron chi connectivity index (χ3n) is 5.31. The molecule has 0 radical (unpaired) electrons. The van der Waals surface area contributed by atoms with Crippen molar-refractivity contribution in [1.29, 1.82) is 0 Å². The van der Waals surface area contributed by atoms with E-state index in [1.54, 1.807) is 17.8 Å². The molecule has 2 aromatic carbocycles. The van der Waals surface area contributed by atoms with Crippen molar-refractivity contribution in [2.75, 3.05) is 12.3 Å². The maximum absolute atomic E-state index is 12.5. The molecule has 0 bridgehead atoms. The summed E-state index contributed by atoms with van der Waals surface area (Å²) in [5.74, 6) is 0.358. The van der Waals surface area contributed by atoms with Crippen LogP contribution in [0.1, 0.15) is 32.8 Å². The largest absolute Gasteiger partial charge is 0.479 e. The fraction of sp³-hybridized carbons (Fsp3) is 0.417. The van der Waals surface area contributed by atoms with Crippen molar-refractivity contribution in [1.82, 2.24) is 4.90 Å². The van der Waals surface area contributed by atoms with E-state index in [1.807, 2.05) is 55.1 Å². The SMILES string of the molecule is C[C@H](Oc1cccc(SCCCN2C(=O)OC(C)(C)[C@@H]2Cc2ccccc2)c1)C(=O)O. The van der Waals surface area contributed by atoms with Crippen LogP contribution in [-0.2, 0) is 16.0 Å². The number of ether oxygens (including phenoxy) is 2. The molecule has 0 aromatic heterocycles. The lowest BCUT2D eigenvalue weighted by Crippen LogP contribution is -2.43. The van der Waals surface area contributed by atoms with Crippen LogP contribution in [0.2, 0.25) is 0 Å². The number of carbonyl (C=O) groups is 2. The van der Waals surface area contributed by atoms with E-state index in [4.69, 9.17) is 14.6 Å². The maximum Gasteiger partial charge on any atom is 0.410 e. The minimum absolute atomic E-state index is 0.0124. The molecule has 0 saturated carbocycles. The number of aliphatic carboxylic acids is 1. The molecule has 2 atom stereocenters. The first-order valence-electron chi connectivity index (χ1n) is 10.4. The van der Waals surface area contributed by atoms with Gasteiger partial charge in [0.05, 0.1) is 6.04 Å². The van der Waals surface area contributed by atoms with Gasteiger partial charge in [-0.05, 0) is 63.1 Å². The Balaban J connectivity index is 1.54. The molecule has 1 aliphatic heterocycles. The minimum atomic E-state index is -0.997. The second-order valence-electron chi connectivity index (χ2n) is 8.15. The number of cyclic esters (lactones) is 1. The van der Waals surface area contributed by atoms with E-state index in [2.05, 4.69) is 12.1 Å². The van der Waals surface area contributed by atoms with Crippen LogP contribution < -0.4 is 4.74 Å². The number of benzene rings is 2. The molecule has 1 N–H and O–H groups in total. The van der Waals surface area contributed by atoms with Crippen molar-refractivity contribution in [3.63, 3.8) is 0 Å². The highest BCUT2D eigenvalue weighted by Gasteiger charge is 2.47.